The first-order chi connectivity index (χ1) is 15.1. The summed E-state index contributed by atoms with van der Waals surface area (Å²) in [5, 5.41) is 12.1. The van der Waals surface area contributed by atoms with Crippen LogP contribution < -0.4 is 10.2 Å². The van der Waals surface area contributed by atoms with Crippen molar-refractivity contribution < 1.29 is 4.21 Å². The van der Waals surface area contributed by atoms with Gasteiger partial charge in [-0.3, -0.25) is 4.68 Å². The fourth-order valence-corrected chi connectivity index (χ4v) is 5.67. The molecule has 1 N–H and O–H groups in total. The molecule has 1 aliphatic rings. The summed E-state index contributed by atoms with van der Waals surface area (Å²) in [5.74, 6) is 0.454. The minimum atomic E-state index is -1.37. The Bertz CT molecular complexity index is 1250. The maximum atomic E-state index is 13.9. The van der Waals surface area contributed by atoms with Crippen molar-refractivity contribution in [2.75, 3.05) is 31.1 Å². The molecule has 1 atom stereocenters. The topological polar surface area (TPSA) is 50.2 Å². The van der Waals surface area contributed by atoms with Gasteiger partial charge in [-0.15, -0.1) is 0 Å². The zero-order chi connectivity index (χ0) is 21.4. The first kappa shape index (κ1) is 20.2. The molecular weight excluding hydrogens is 404 g/mol. The molecule has 1 aromatic heterocycles. The third-order valence-electron chi connectivity index (χ3n) is 5.85. The van der Waals surface area contributed by atoms with Crippen LogP contribution in [0.3, 0.4) is 0 Å². The monoisotopic (exact) mass is 432 g/mol. The number of fused-ring (bicyclic) bond motifs is 2. The second-order valence-electron chi connectivity index (χ2n) is 8.57. The van der Waals surface area contributed by atoms with E-state index >= 15 is 0 Å². The van der Waals surface area contributed by atoms with Crippen LogP contribution in [0.5, 0.6) is 0 Å². The largest absolute Gasteiger partial charge is 0.369 e. The minimum Gasteiger partial charge on any atom is -0.369 e. The molecule has 2 heterocycles. The second-order valence-corrected chi connectivity index (χ2v) is 9.93. The number of anilines is 1. The second kappa shape index (κ2) is 8.44. The van der Waals surface area contributed by atoms with E-state index in [4.69, 9.17) is 5.10 Å². The van der Waals surface area contributed by atoms with Crippen LogP contribution in [-0.4, -0.2) is 40.2 Å². The molecule has 1 aliphatic heterocycles. The quantitative estimate of drug-likeness (QED) is 0.507. The standard InChI is InChI=1S/C25H28N4OS/c1-18(2)17-29-23-11-10-20(28-14-12-26-13-15-28)16-22(23)25(27-29)31(30)24-9-5-7-19-6-3-4-8-21(19)24/h3-11,16,18,26H,12-15,17H2,1-2H3. The van der Waals surface area contributed by atoms with Crippen LogP contribution in [-0.2, 0) is 17.3 Å². The number of aromatic nitrogens is 2. The smallest absolute Gasteiger partial charge is 0.162 e. The molecule has 31 heavy (non-hydrogen) atoms. The maximum absolute atomic E-state index is 13.9. The van der Waals surface area contributed by atoms with E-state index in [1.54, 1.807) is 0 Å². The van der Waals surface area contributed by atoms with Gasteiger partial charge in [0.15, 0.2) is 5.03 Å². The van der Waals surface area contributed by atoms with Gasteiger partial charge in [0.25, 0.3) is 0 Å². The van der Waals surface area contributed by atoms with Crippen molar-refractivity contribution in [3.8, 4) is 0 Å². The highest BCUT2D eigenvalue weighted by molar-refractivity contribution is 7.85. The van der Waals surface area contributed by atoms with Crippen molar-refractivity contribution in [3.05, 3.63) is 60.7 Å². The number of nitrogens with zero attached hydrogens (tertiary/aromatic N) is 3. The van der Waals surface area contributed by atoms with Gasteiger partial charge in [-0.25, -0.2) is 4.21 Å². The van der Waals surface area contributed by atoms with E-state index in [1.807, 2.05) is 35.0 Å². The van der Waals surface area contributed by atoms with Crippen LogP contribution >= 0.6 is 0 Å². The fourth-order valence-electron chi connectivity index (χ4n) is 4.34. The van der Waals surface area contributed by atoms with Crippen LogP contribution in [0, 0.1) is 5.92 Å². The summed E-state index contributed by atoms with van der Waals surface area (Å²) in [7, 11) is -1.37. The molecule has 3 aromatic carbocycles. The van der Waals surface area contributed by atoms with Crippen LogP contribution in [0.1, 0.15) is 13.8 Å². The molecule has 5 rings (SSSR count). The number of hydrogen-bond donors (Lipinski definition) is 1. The van der Waals surface area contributed by atoms with Gasteiger partial charge in [-0.1, -0.05) is 50.2 Å². The molecule has 0 aliphatic carbocycles. The highest BCUT2D eigenvalue weighted by Gasteiger charge is 2.21. The zero-order valence-electron chi connectivity index (χ0n) is 18.0. The summed E-state index contributed by atoms with van der Waals surface area (Å²) >= 11 is 0. The maximum Gasteiger partial charge on any atom is 0.162 e. The first-order valence-corrected chi connectivity index (χ1v) is 12.1. The van der Waals surface area contributed by atoms with E-state index in [9.17, 15) is 4.21 Å². The van der Waals surface area contributed by atoms with Crippen molar-refractivity contribution in [2.45, 2.75) is 30.3 Å². The normalized spacial score (nSPS) is 15.8. The summed E-state index contributed by atoms with van der Waals surface area (Å²) in [5.41, 5.74) is 2.23. The number of nitrogens with one attached hydrogen (secondary N) is 1. The Labute approximate surface area is 185 Å². The van der Waals surface area contributed by atoms with Gasteiger partial charge in [-0.2, -0.15) is 5.10 Å². The van der Waals surface area contributed by atoms with Crippen molar-refractivity contribution in [1.29, 1.82) is 0 Å². The summed E-state index contributed by atoms with van der Waals surface area (Å²) in [4.78, 5) is 3.21. The van der Waals surface area contributed by atoms with Crippen molar-refractivity contribution in [2.24, 2.45) is 5.92 Å². The first-order valence-electron chi connectivity index (χ1n) is 11.0. The zero-order valence-corrected chi connectivity index (χ0v) is 18.9. The number of rotatable bonds is 5. The van der Waals surface area contributed by atoms with Crippen LogP contribution in [0.4, 0.5) is 5.69 Å². The molecule has 0 bridgehead atoms. The third-order valence-corrected chi connectivity index (χ3v) is 7.25. The van der Waals surface area contributed by atoms with Crippen molar-refractivity contribution >= 4 is 38.2 Å². The van der Waals surface area contributed by atoms with E-state index in [0.717, 1.165) is 59.3 Å². The highest BCUT2D eigenvalue weighted by Crippen LogP contribution is 2.32. The lowest BCUT2D eigenvalue weighted by Gasteiger charge is -2.29. The lowest BCUT2D eigenvalue weighted by Crippen LogP contribution is -2.43. The molecular formula is C25H28N4OS. The summed E-state index contributed by atoms with van der Waals surface area (Å²) < 4.78 is 15.9. The average molecular weight is 433 g/mol. The molecule has 1 fully saturated rings. The SMILES string of the molecule is CC(C)Cn1nc(S(=O)c2cccc3ccccc23)c2cc(N3CCNCC3)ccc21. The van der Waals surface area contributed by atoms with Gasteiger partial charge in [0.05, 0.1) is 10.4 Å². The lowest BCUT2D eigenvalue weighted by atomic mass is 10.1. The van der Waals surface area contributed by atoms with Gasteiger partial charge in [0.1, 0.15) is 10.8 Å². The molecule has 1 unspecified atom stereocenters. The summed E-state index contributed by atoms with van der Waals surface area (Å²) in [6, 6.07) is 20.6. The van der Waals surface area contributed by atoms with Gasteiger partial charge < -0.3 is 10.2 Å². The van der Waals surface area contributed by atoms with Gasteiger partial charge in [0, 0.05) is 43.8 Å². The Kier molecular flexibility index (Phi) is 5.50. The molecule has 0 amide bonds. The van der Waals surface area contributed by atoms with Gasteiger partial charge in [-0.05, 0) is 41.0 Å². The number of piperazine rings is 1. The Morgan fingerprint density at radius 1 is 1.00 bits per heavy atom. The summed E-state index contributed by atoms with van der Waals surface area (Å²) in [6.07, 6.45) is 0. The van der Waals surface area contributed by atoms with Gasteiger partial charge in [0.2, 0.25) is 0 Å². The highest BCUT2D eigenvalue weighted by atomic mass is 32.2. The molecule has 0 saturated carbocycles. The molecule has 5 nitrogen and oxygen atoms in total. The molecule has 1 saturated heterocycles. The molecule has 0 spiro atoms. The Hall–Kier alpha value is -2.70. The number of hydrogen-bond acceptors (Lipinski definition) is 4. The van der Waals surface area contributed by atoms with Crippen molar-refractivity contribution in [1.82, 2.24) is 15.1 Å². The molecule has 0 radical (unpaired) electrons. The third kappa shape index (κ3) is 3.86. The van der Waals surface area contributed by atoms with E-state index in [-0.39, 0.29) is 0 Å². The minimum absolute atomic E-state index is 0.454. The van der Waals surface area contributed by atoms with E-state index < -0.39 is 10.8 Å². The van der Waals surface area contributed by atoms with Crippen LogP contribution in [0.2, 0.25) is 0 Å². The lowest BCUT2D eigenvalue weighted by molar-refractivity contribution is 0.487. The number of benzene rings is 3. The molecule has 4 aromatic rings. The van der Waals surface area contributed by atoms with Crippen molar-refractivity contribution in [3.63, 3.8) is 0 Å². The predicted molar refractivity (Wildman–Crippen MR) is 128 cm³/mol. The van der Waals surface area contributed by atoms with E-state index in [2.05, 4.69) is 54.4 Å². The van der Waals surface area contributed by atoms with E-state index in [0.29, 0.717) is 10.9 Å². The molecule has 6 heteroatoms. The van der Waals surface area contributed by atoms with Gasteiger partial charge >= 0.3 is 0 Å². The van der Waals surface area contributed by atoms with E-state index in [1.165, 1.54) is 5.69 Å². The molecule has 160 valence electrons. The van der Waals surface area contributed by atoms with Crippen LogP contribution in [0.25, 0.3) is 21.7 Å². The van der Waals surface area contributed by atoms with Crippen LogP contribution in [0.15, 0.2) is 70.6 Å². The predicted octanol–water partition coefficient (Wildman–Crippen LogP) is 4.42. The Morgan fingerprint density at radius 2 is 1.77 bits per heavy atom. The Balaban J connectivity index is 1.66. The fraction of sp³-hybridized carbons (Fsp3) is 0.320. The Morgan fingerprint density at radius 3 is 2.58 bits per heavy atom. The summed E-state index contributed by atoms with van der Waals surface area (Å²) in [6.45, 7) is 9.10. The average Bonchev–Trinajstić information content (AvgIpc) is 3.16.